The second-order valence-electron chi connectivity index (χ2n) is 16.0. The Labute approximate surface area is 321 Å². The van der Waals surface area contributed by atoms with E-state index in [-0.39, 0.29) is 43.5 Å². The monoisotopic (exact) mass is 786 g/mol. The van der Waals surface area contributed by atoms with Crippen LogP contribution in [-0.4, -0.2) is 95.3 Å². The zero-order valence-corrected chi connectivity index (χ0v) is 33.3. The number of alkyl carbamates (subject to hydrolysis) is 1. The van der Waals surface area contributed by atoms with E-state index in [1.807, 2.05) is 13.0 Å². The lowest BCUT2D eigenvalue weighted by molar-refractivity contribution is -0.142. The first-order chi connectivity index (χ1) is 25.9. The highest BCUT2D eigenvalue weighted by Gasteiger charge is 2.55. The molecule has 0 spiro atoms. The number of nitrogens with one attached hydrogen (secondary N) is 4. The Kier molecular flexibility index (Phi) is 12.5. The number of fused-ring (bicyclic) bond motifs is 1. The molecule has 2 saturated carbocycles. The van der Waals surface area contributed by atoms with Crippen molar-refractivity contribution >= 4 is 44.9 Å². The molecule has 2 aromatic rings. The first-order valence-corrected chi connectivity index (χ1v) is 20.5. The molecule has 4 amide bonds. The van der Waals surface area contributed by atoms with Gasteiger partial charge >= 0.3 is 11.7 Å². The Morgan fingerprint density at radius 3 is 2.49 bits per heavy atom. The van der Waals surface area contributed by atoms with E-state index in [0.29, 0.717) is 42.5 Å². The SMILES string of the molecule is C=CCC[C@@H](C)C[C@@H](CC)[C@H](NC(=O)OC(C)(C)C)C(=O)N1C[C@H](Oc2nc3cc(OC)ccc3[nH]c2=O)C[C@H]1C(=O)NC1(C(=O)NS(=O)(=O)C2CC2)CC1. The number of sulfonamides is 1. The molecule has 4 N–H and O–H groups in total. The summed E-state index contributed by atoms with van der Waals surface area (Å²) >= 11 is 0. The molecule has 0 radical (unpaired) electrons. The molecule has 1 aromatic heterocycles. The van der Waals surface area contributed by atoms with Gasteiger partial charge < -0.3 is 34.7 Å². The molecule has 5 rings (SSSR count). The van der Waals surface area contributed by atoms with Gasteiger partial charge in [-0.2, -0.15) is 0 Å². The van der Waals surface area contributed by atoms with Gasteiger partial charge in [-0.15, -0.1) is 6.58 Å². The Bertz CT molecular complexity index is 1950. The van der Waals surface area contributed by atoms with Crippen LogP contribution in [0.2, 0.25) is 0 Å². The van der Waals surface area contributed by atoms with Crippen LogP contribution in [0.1, 0.15) is 92.4 Å². The lowest BCUT2D eigenvalue weighted by atomic mass is 9.85. The number of carbonyl (C=O) groups excluding carboxylic acids is 4. The van der Waals surface area contributed by atoms with E-state index >= 15 is 0 Å². The van der Waals surface area contributed by atoms with Crippen molar-refractivity contribution in [3.8, 4) is 11.6 Å². The molecule has 0 bridgehead atoms. The number of carbonyl (C=O) groups is 4. The van der Waals surface area contributed by atoms with Gasteiger partial charge in [-0.1, -0.05) is 26.3 Å². The minimum absolute atomic E-state index is 0.0986. The Balaban J connectivity index is 1.46. The van der Waals surface area contributed by atoms with Crippen molar-refractivity contribution in [2.75, 3.05) is 13.7 Å². The summed E-state index contributed by atoms with van der Waals surface area (Å²) in [5, 5.41) is 4.89. The average molecular weight is 787 g/mol. The van der Waals surface area contributed by atoms with Crippen LogP contribution in [0.4, 0.5) is 4.79 Å². The molecule has 3 fully saturated rings. The van der Waals surface area contributed by atoms with Crippen LogP contribution < -0.4 is 30.4 Å². The van der Waals surface area contributed by atoms with Gasteiger partial charge in [-0.3, -0.25) is 23.9 Å². The Hall–Kier alpha value is -4.67. The Morgan fingerprint density at radius 1 is 1.18 bits per heavy atom. The van der Waals surface area contributed by atoms with E-state index in [0.717, 1.165) is 12.8 Å². The first kappa shape index (κ1) is 41.5. The molecule has 55 heavy (non-hydrogen) atoms. The van der Waals surface area contributed by atoms with Crippen molar-refractivity contribution < 1.29 is 41.8 Å². The summed E-state index contributed by atoms with van der Waals surface area (Å²) in [5.74, 6) is -2.09. The summed E-state index contributed by atoms with van der Waals surface area (Å²) in [6, 6.07) is 2.60. The molecule has 1 aliphatic heterocycles. The smallest absolute Gasteiger partial charge is 0.408 e. The molecular weight excluding hydrogens is 733 g/mol. The summed E-state index contributed by atoms with van der Waals surface area (Å²) in [5.41, 5.74) is -2.13. The van der Waals surface area contributed by atoms with Gasteiger partial charge in [0.15, 0.2) is 0 Å². The van der Waals surface area contributed by atoms with E-state index < -0.39 is 74.0 Å². The standard InChI is InChI=1S/C38H54N6O10S/c1-8-10-11-22(3)18-23(9-2)30(41-36(49)54-37(4,5)6)34(47)44-21-25(53-33-32(46)39-27-15-12-24(52-7)19-28(27)40-33)20-29(44)31(45)42-38(16-17-38)35(48)43-55(50,51)26-13-14-26/h8,12,15,19,22-23,25-26,29-30H,1,9-11,13-14,16-18,20-21H2,2-7H3,(H,39,46)(H,41,49)(H,42,45)(H,43,48)/t22-,23-,25-,29+,30+/m1/s1. The molecule has 17 heteroatoms. The van der Waals surface area contributed by atoms with Gasteiger partial charge in [0.25, 0.3) is 11.8 Å². The molecule has 16 nitrogen and oxygen atoms in total. The number of benzene rings is 1. The van der Waals surface area contributed by atoms with Crippen LogP contribution in [0, 0.1) is 11.8 Å². The molecule has 2 heterocycles. The van der Waals surface area contributed by atoms with Crippen molar-refractivity contribution in [3.63, 3.8) is 0 Å². The van der Waals surface area contributed by atoms with E-state index in [1.165, 1.54) is 12.0 Å². The molecule has 5 atom stereocenters. The van der Waals surface area contributed by atoms with Gasteiger partial charge in [-0.05, 0) is 89.7 Å². The molecule has 1 aromatic carbocycles. The largest absolute Gasteiger partial charge is 0.497 e. The molecule has 1 saturated heterocycles. The predicted octanol–water partition coefficient (Wildman–Crippen LogP) is 3.45. The second kappa shape index (κ2) is 16.6. The van der Waals surface area contributed by atoms with Gasteiger partial charge in [0.2, 0.25) is 21.8 Å². The fraction of sp³-hybridized carbons (Fsp3) is 0.632. The number of amides is 4. The molecule has 3 aliphatic rings. The van der Waals surface area contributed by atoms with Crippen LogP contribution in [0.5, 0.6) is 11.6 Å². The number of nitrogens with zero attached hydrogens (tertiary/aromatic N) is 2. The minimum Gasteiger partial charge on any atom is -0.497 e. The maximum absolute atomic E-state index is 14.8. The highest BCUT2D eigenvalue weighted by Crippen LogP contribution is 2.38. The maximum atomic E-state index is 14.8. The van der Waals surface area contributed by atoms with Gasteiger partial charge in [0.05, 0.1) is 29.9 Å². The molecule has 302 valence electrons. The van der Waals surface area contributed by atoms with E-state index in [2.05, 4.69) is 38.8 Å². The first-order valence-electron chi connectivity index (χ1n) is 18.9. The van der Waals surface area contributed by atoms with Crippen molar-refractivity contribution in [2.45, 2.75) is 127 Å². The number of aromatic amines is 1. The lowest BCUT2D eigenvalue weighted by Crippen LogP contribution is -2.59. The van der Waals surface area contributed by atoms with Gasteiger partial charge in [-0.25, -0.2) is 18.2 Å². The van der Waals surface area contributed by atoms with Crippen LogP contribution in [0.25, 0.3) is 11.0 Å². The van der Waals surface area contributed by atoms with Crippen molar-refractivity contribution in [1.82, 2.24) is 30.2 Å². The van der Waals surface area contributed by atoms with Gasteiger partial charge in [0, 0.05) is 12.5 Å². The molecular formula is C38H54N6O10S. The number of hydrogen-bond donors (Lipinski definition) is 4. The summed E-state index contributed by atoms with van der Waals surface area (Å²) < 4.78 is 44.3. The fourth-order valence-corrected chi connectivity index (χ4v) is 8.27. The normalized spacial score (nSPS) is 20.8. The van der Waals surface area contributed by atoms with Crippen molar-refractivity contribution in [1.29, 1.82) is 0 Å². The number of likely N-dealkylation sites (tertiary alicyclic amines) is 1. The fourth-order valence-electron chi connectivity index (χ4n) is 6.90. The van der Waals surface area contributed by atoms with E-state index in [1.54, 1.807) is 39.0 Å². The highest BCUT2D eigenvalue weighted by molar-refractivity contribution is 7.91. The third kappa shape index (κ3) is 10.3. The minimum atomic E-state index is -3.88. The number of methoxy groups -OCH3 is 1. The third-order valence-corrected chi connectivity index (χ3v) is 12.1. The van der Waals surface area contributed by atoms with Gasteiger partial charge in [0.1, 0.15) is 35.1 Å². The number of H-pyrrole nitrogens is 1. The van der Waals surface area contributed by atoms with Crippen molar-refractivity contribution in [3.05, 3.63) is 41.2 Å². The maximum Gasteiger partial charge on any atom is 0.408 e. The number of allylic oxidation sites excluding steroid dienone is 1. The number of rotatable bonds is 17. The molecule has 2 aliphatic carbocycles. The van der Waals surface area contributed by atoms with Crippen LogP contribution in [0.15, 0.2) is 35.6 Å². The second-order valence-corrected chi connectivity index (χ2v) is 17.9. The number of hydrogen-bond acceptors (Lipinski definition) is 11. The summed E-state index contributed by atoms with van der Waals surface area (Å²) in [7, 11) is -2.38. The van der Waals surface area contributed by atoms with E-state index in [9.17, 15) is 32.4 Å². The average Bonchev–Trinajstić information content (AvgIpc) is 4.06. The molecule has 0 unspecified atom stereocenters. The third-order valence-electron chi connectivity index (χ3n) is 10.2. The van der Waals surface area contributed by atoms with Crippen molar-refractivity contribution in [2.24, 2.45) is 11.8 Å². The zero-order valence-electron chi connectivity index (χ0n) is 32.4. The quantitative estimate of drug-likeness (QED) is 0.170. The highest BCUT2D eigenvalue weighted by atomic mass is 32.2. The number of aromatic nitrogens is 2. The summed E-state index contributed by atoms with van der Waals surface area (Å²) in [6.07, 6.45) is 3.99. The van der Waals surface area contributed by atoms with E-state index in [4.69, 9.17) is 14.2 Å². The summed E-state index contributed by atoms with van der Waals surface area (Å²) in [6.45, 7) is 12.7. The predicted molar refractivity (Wildman–Crippen MR) is 204 cm³/mol. The zero-order chi connectivity index (χ0) is 40.3. The topological polar surface area (TPSA) is 215 Å². The van der Waals surface area contributed by atoms with Crippen LogP contribution >= 0.6 is 0 Å². The van der Waals surface area contributed by atoms with Crippen LogP contribution in [-0.2, 0) is 29.1 Å². The van der Waals surface area contributed by atoms with Crippen LogP contribution in [0.3, 0.4) is 0 Å². The Morgan fingerprint density at radius 2 is 1.89 bits per heavy atom. The lowest BCUT2D eigenvalue weighted by Gasteiger charge is -2.34. The number of ether oxygens (including phenoxy) is 3. The summed E-state index contributed by atoms with van der Waals surface area (Å²) in [4.78, 5) is 77.0.